The lowest BCUT2D eigenvalue weighted by Crippen LogP contribution is -2.43. The van der Waals surface area contributed by atoms with Gasteiger partial charge in [-0.05, 0) is 37.9 Å². The fraction of sp³-hybridized carbons (Fsp3) is 0.917. The molecule has 1 atom stereocenters. The number of rotatable bonds is 5. The van der Waals surface area contributed by atoms with Gasteiger partial charge in [0.25, 0.3) is 0 Å². The second-order valence-electron chi connectivity index (χ2n) is 4.63. The van der Waals surface area contributed by atoms with Crippen LogP contribution < -0.4 is 5.73 Å². The molecule has 0 aromatic heterocycles. The van der Waals surface area contributed by atoms with E-state index in [4.69, 9.17) is 5.73 Å². The highest BCUT2D eigenvalue weighted by atomic mass is 32.2. The zero-order chi connectivity index (χ0) is 12.0. The minimum atomic E-state index is 0.270. The summed E-state index contributed by atoms with van der Waals surface area (Å²) in [5, 5.41) is 0. The molecule has 94 valence electrons. The normalized spacial score (nSPS) is 19.8. The van der Waals surface area contributed by atoms with E-state index in [1.54, 1.807) is 11.8 Å². The van der Waals surface area contributed by atoms with Crippen molar-refractivity contribution in [3.63, 3.8) is 0 Å². The van der Waals surface area contributed by atoms with Gasteiger partial charge in [-0.1, -0.05) is 6.92 Å². The first-order valence-corrected chi connectivity index (χ1v) is 7.41. The van der Waals surface area contributed by atoms with Gasteiger partial charge in [0.05, 0.1) is 5.75 Å². The topological polar surface area (TPSA) is 46.3 Å². The Morgan fingerprint density at radius 2 is 2.12 bits per heavy atom. The maximum atomic E-state index is 11.8. The van der Waals surface area contributed by atoms with E-state index in [1.807, 2.05) is 4.90 Å². The molecular formula is C12H24N2OS. The number of nitrogens with two attached hydrogens (primary N) is 1. The fourth-order valence-corrected chi connectivity index (χ4v) is 2.86. The highest BCUT2D eigenvalue weighted by molar-refractivity contribution is 7.99. The van der Waals surface area contributed by atoms with E-state index in [0.717, 1.165) is 38.1 Å². The Bertz CT molecular complexity index is 213. The largest absolute Gasteiger partial charge is 0.342 e. The average molecular weight is 244 g/mol. The van der Waals surface area contributed by atoms with Crippen molar-refractivity contribution in [2.75, 3.05) is 24.6 Å². The molecule has 0 aromatic rings. The first-order valence-electron chi connectivity index (χ1n) is 6.26. The van der Waals surface area contributed by atoms with Gasteiger partial charge in [-0.25, -0.2) is 0 Å². The Balaban J connectivity index is 2.22. The van der Waals surface area contributed by atoms with Crippen LogP contribution in [-0.2, 0) is 4.79 Å². The lowest BCUT2D eigenvalue weighted by Gasteiger charge is -2.33. The molecule has 0 spiro atoms. The zero-order valence-electron chi connectivity index (χ0n) is 10.4. The molecule has 4 heteroatoms. The Morgan fingerprint density at radius 1 is 1.50 bits per heavy atom. The minimum absolute atomic E-state index is 0.270. The van der Waals surface area contributed by atoms with Gasteiger partial charge in [0.2, 0.25) is 5.91 Å². The summed E-state index contributed by atoms with van der Waals surface area (Å²) in [5.74, 6) is 2.65. The number of hydrogen-bond donors (Lipinski definition) is 1. The van der Waals surface area contributed by atoms with Crippen LogP contribution in [0.5, 0.6) is 0 Å². The predicted octanol–water partition coefficient (Wildman–Crippen LogP) is 1.72. The summed E-state index contributed by atoms with van der Waals surface area (Å²) in [6.45, 7) is 6.01. The smallest absolute Gasteiger partial charge is 0.232 e. The van der Waals surface area contributed by atoms with E-state index in [9.17, 15) is 4.79 Å². The van der Waals surface area contributed by atoms with Crippen molar-refractivity contribution in [3.05, 3.63) is 0 Å². The Morgan fingerprint density at radius 3 is 2.62 bits per heavy atom. The standard InChI is InChI=1S/C12H24N2OS/c1-3-8-16-9-12(15)14-6-4-11(5-7-14)10(2)13/h10-11H,3-9,13H2,1-2H3. The molecule has 1 fully saturated rings. The number of amides is 1. The minimum Gasteiger partial charge on any atom is -0.342 e. The van der Waals surface area contributed by atoms with Crippen molar-refractivity contribution >= 4 is 17.7 Å². The summed E-state index contributed by atoms with van der Waals surface area (Å²) in [6.07, 6.45) is 3.29. The highest BCUT2D eigenvalue weighted by Gasteiger charge is 2.24. The highest BCUT2D eigenvalue weighted by Crippen LogP contribution is 2.20. The molecule has 0 aromatic carbocycles. The van der Waals surface area contributed by atoms with Gasteiger partial charge in [0.15, 0.2) is 0 Å². The lowest BCUT2D eigenvalue weighted by molar-refractivity contribution is -0.129. The van der Waals surface area contributed by atoms with Crippen LogP contribution in [0.1, 0.15) is 33.1 Å². The maximum absolute atomic E-state index is 11.8. The molecule has 2 N–H and O–H groups in total. The van der Waals surface area contributed by atoms with E-state index in [0.29, 0.717) is 17.6 Å². The molecule has 1 rings (SSSR count). The molecule has 1 aliphatic rings. The third kappa shape index (κ3) is 4.34. The molecule has 1 unspecified atom stereocenters. The summed E-state index contributed by atoms with van der Waals surface area (Å²) >= 11 is 1.75. The summed E-state index contributed by atoms with van der Waals surface area (Å²) in [7, 11) is 0. The average Bonchev–Trinajstić information content (AvgIpc) is 2.29. The second-order valence-corrected chi connectivity index (χ2v) is 5.74. The van der Waals surface area contributed by atoms with Gasteiger partial charge >= 0.3 is 0 Å². The number of carbonyl (C=O) groups excluding carboxylic acids is 1. The monoisotopic (exact) mass is 244 g/mol. The zero-order valence-corrected chi connectivity index (χ0v) is 11.3. The van der Waals surface area contributed by atoms with Gasteiger partial charge in [0, 0.05) is 19.1 Å². The van der Waals surface area contributed by atoms with Gasteiger partial charge < -0.3 is 10.6 Å². The summed E-state index contributed by atoms with van der Waals surface area (Å²) in [4.78, 5) is 13.8. The van der Waals surface area contributed by atoms with E-state index < -0.39 is 0 Å². The number of carbonyl (C=O) groups is 1. The van der Waals surface area contributed by atoms with Crippen LogP contribution in [-0.4, -0.2) is 41.4 Å². The number of likely N-dealkylation sites (tertiary alicyclic amines) is 1. The van der Waals surface area contributed by atoms with Crippen LogP contribution >= 0.6 is 11.8 Å². The van der Waals surface area contributed by atoms with Crippen LogP contribution in [0.3, 0.4) is 0 Å². The van der Waals surface area contributed by atoms with Crippen molar-refractivity contribution < 1.29 is 4.79 Å². The second kappa shape index (κ2) is 7.17. The lowest BCUT2D eigenvalue weighted by atomic mass is 9.91. The molecule has 1 amide bonds. The molecule has 1 aliphatic heterocycles. The molecule has 16 heavy (non-hydrogen) atoms. The predicted molar refractivity (Wildman–Crippen MR) is 70.6 cm³/mol. The van der Waals surface area contributed by atoms with Crippen molar-refractivity contribution in [1.29, 1.82) is 0 Å². The molecule has 3 nitrogen and oxygen atoms in total. The molecule has 0 saturated carbocycles. The first kappa shape index (κ1) is 13.8. The van der Waals surface area contributed by atoms with Crippen molar-refractivity contribution in [1.82, 2.24) is 4.90 Å². The van der Waals surface area contributed by atoms with Gasteiger partial charge in [-0.2, -0.15) is 11.8 Å². The Hall–Kier alpha value is -0.220. The van der Waals surface area contributed by atoms with Crippen LogP contribution in [0, 0.1) is 5.92 Å². The number of piperidine rings is 1. The molecule has 1 heterocycles. The third-order valence-corrected chi connectivity index (χ3v) is 4.36. The van der Waals surface area contributed by atoms with Crippen molar-refractivity contribution in [3.8, 4) is 0 Å². The SMILES string of the molecule is CCCSCC(=O)N1CCC(C(C)N)CC1. The Kier molecular flexibility index (Phi) is 6.21. The maximum Gasteiger partial charge on any atom is 0.232 e. The molecule has 1 saturated heterocycles. The van der Waals surface area contributed by atoms with Crippen LogP contribution in [0.15, 0.2) is 0 Å². The van der Waals surface area contributed by atoms with Crippen LogP contribution in [0.25, 0.3) is 0 Å². The number of hydrogen-bond acceptors (Lipinski definition) is 3. The third-order valence-electron chi connectivity index (χ3n) is 3.21. The van der Waals surface area contributed by atoms with Crippen LogP contribution in [0.2, 0.25) is 0 Å². The summed E-state index contributed by atoms with van der Waals surface area (Å²) in [6, 6.07) is 0.270. The van der Waals surface area contributed by atoms with Gasteiger partial charge in [0.1, 0.15) is 0 Å². The molecule has 0 radical (unpaired) electrons. The quantitative estimate of drug-likeness (QED) is 0.749. The van der Waals surface area contributed by atoms with E-state index in [2.05, 4.69) is 13.8 Å². The molecular weight excluding hydrogens is 220 g/mol. The van der Waals surface area contributed by atoms with Gasteiger partial charge in [-0.3, -0.25) is 4.79 Å². The van der Waals surface area contributed by atoms with E-state index in [-0.39, 0.29) is 6.04 Å². The Labute approximate surface area is 103 Å². The molecule has 0 bridgehead atoms. The van der Waals surface area contributed by atoms with Crippen LogP contribution in [0.4, 0.5) is 0 Å². The molecule has 0 aliphatic carbocycles. The first-order chi connectivity index (χ1) is 7.65. The van der Waals surface area contributed by atoms with Crippen molar-refractivity contribution in [2.45, 2.75) is 39.2 Å². The number of thioether (sulfide) groups is 1. The summed E-state index contributed by atoms with van der Waals surface area (Å²) in [5.41, 5.74) is 5.88. The fourth-order valence-electron chi connectivity index (χ4n) is 2.07. The van der Waals surface area contributed by atoms with Gasteiger partial charge in [-0.15, -0.1) is 0 Å². The van der Waals surface area contributed by atoms with Crippen molar-refractivity contribution in [2.24, 2.45) is 11.7 Å². The van der Waals surface area contributed by atoms with E-state index in [1.165, 1.54) is 0 Å². The summed E-state index contributed by atoms with van der Waals surface area (Å²) < 4.78 is 0. The van der Waals surface area contributed by atoms with E-state index >= 15 is 0 Å². The number of nitrogens with zero attached hydrogens (tertiary/aromatic N) is 1.